The molecule has 7 nitrogen and oxygen atoms in total. The van der Waals surface area contributed by atoms with E-state index in [0.29, 0.717) is 29.4 Å². The van der Waals surface area contributed by atoms with Crippen LogP contribution in [0.3, 0.4) is 0 Å². The number of amides is 2. The molecule has 0 bridgehead atoms. The molecule has 0 spiro atoms. The summed E-state index contributed by atoms with van der Waals surface area (Å²) >= 11 is 0. The molecule has 2 amide bonds. The Labute approximate surface area is 197 Å². The predicted molar refractivity (Wildman–Crippen MR) is 133 cm³/mol. The minimum atomic E-state index is -0.453. The van der Waals surface area contributed by atoms with Crippen LogP contribution in [0.15, 0.2) is 84.7 Å². The summed E-state index contributed by atoms with van der Waals surface area (Å²) in [7, 11) is 1.60. The first-order valence-corrected chi connectivity index (χ1v) is 10.8. The number of rotatable bonds is 8. The van der Waals surface area contributed by atoms with E-state index in [1.165, 1.54) is 0 Å². The Morgan fingerprint density at radius 3 is 2.41 bits per heavy atom. The van der Waals surface area contributed by atoms with Gasteiger partial charge in [-0.15, -0.1) is 0 Å². The third-order valence-corrected chi connectivity index (χ3v) is 5.17. The zero-order valence-corrected chi connectivity index (χ0v) is 18.9. The van der Waals surface area contributed by atoms with Crippen molar-refractivity contribution in [3.05, 3.63) is 95.8 Å². The summed E-state index contributed by atoms with van der Waals surface area (Å²) in [6.45, 7) is 2.46. The number of fused-ring (bicyclic) bond motifs is 1. The molecule has 1 heterocycles. The molecule has 4 aromatic rings. The van der Waals surface area contributed by atoms with Crippen LogP contribution in [-0.4, -0.2) is 30.5 Å². The van der Waals surface area contributed by atoms with Gasteiger partial charge in [0, 0.05) is 33.9 Å². The minimum absolute atomic E-state index is 0.103. The van der Waals surface area contributed by atoms with E-state index in [9.17, 15) is 9.59 Å². The molecule has 0 unspecified atom stereocenters. The van der Waals surface area contributed by atoms with E-state index in [2.05, 4.69) is 15.6 Å². The van der Waals surface area contributed by atoms with Crippen LogP contribution in [0, 0.1) is 0 Å². The van der Waals surface area contributed by atoms with Gasteiger partial charge in [0.25, 0.3) is 11.8 Å². The molecule has 3 aromatic carbocycles. The van der Waals surface area contributed by atoms with Crippen molar-refractivity contribution in [1.82, 2.24) is 10.3 Å². The number of anilines is 1. The molecule has 0 aliphatic heterocycles. The summed E-state index contributed by atoms with van der Waals surface area (Å²) in [5.74, 6) is 0.564. The van der Waals surface area contributed by atoms with E-state index in [1.54, 1.807) is 67.9 Å². The molecule has 0 saturated carbocycles. The fourth-order valence-electron chi connectivity index (χ4n) is 3.47. The second kappa shape index (κ2) is 10.4. The molecule has 1 aromatic heterocycles. The second-order valence-electron chi connectivity index (χ2n) is 7.45. The molecule has 0 aliphatic carbocycles. The number of nitrogens with one attached hydrogen (secondary N) is 3. The third kappa shape index (κ3) is 5.27. The molecule has 0 atom stereocenters. The summed E-state index contributed by atoms with van der Waals surface area (Å²) in [5.41, 5.74) is 2.75. The lowest BCUT2D eigenvalue weighted by molar-refractivity contribution is -0.113. The lowest BCUT2D eigenvalue weighted by Gasteiger charge is -2.12. The van der Waals surface area contributed by atoms with Gasteiger partial charge in [0.1, 0.15) is 17.2 Å². The van der Waals surface area contributed by atoms with Crippen LogP contribution in [0.4, 0.5) is 5.69 Å². The predicted octanol–water partition coefficient (Wildman–Crippen LogP) is 4.98. The molecule has 3 N–H and O–H groups in total. The van der Waals surface area contributed by atoms with Gasteiger partial charge in [-0.1, -0.05) is 18.2 Å². The number of aromatic amines is 1. The first-order chi connectivity index (χ1) is 16.6. The number of hydrogen-bond acceptors (Lipinski definition) is 4. The van der Waals surface area contributed by atoms with Gasteiger partial charge in [0.05, 0.1) is 13.7 Å². The van der Waals surface area contributed by atoms with E-state index in [-0.39, 0.29) is 11.6 Å². The number of aromatic nitrogens is 1. The largest absolute Gasteiger partial charge is 0.497 e. The van der Waals surface area contributed by atoms with E-state index >= 15 is 0 Å². The van der Waals surface area contributed by atoms with Gasteiger partial charge in [-0.05, 0) is 67.6 Å². The molecular weight excluding hydrogens is 430 g/mol. The van der Waals surface area contributed by atoms with Crippen molar-refractivity contribution in [2.75, 3.05) is 19.0 Å². The van der Waals surface area contributed by atoms with Gasteiger partial charge < -0.3 is 25.1 Å². The quantitative estimate of drug-likeness (QED) is 0.327. The Kier molecular flexibility index (Phi) is 6.93. The van der Waals surface area contributed by atoms with Crippen molar-refractivity contribution in [3.8, 4) is 11.5 Å². The van der Waals surface area contributed by atoms with Crippen LogP contribution in [0.1, 0.15) is 22.8 Å². The fourth-order valence-corrected chi connectivity index (χ4v) is 3.47. The maximum atomic E-state index is 13.2. The Morgan fingerprint density at radius 1 is 0.971 bits per heavy atom. The highest BCUT2D eigenvalue weighted by atomic mass is 16.5. The number of ether oxygens (including phenoxy) is 2. The lowest BCUT2D eigenvalue weighted by atomic mass is 10.1. The smallest absolute Gasteiger partial charge is 0.272 e. The fraction of sp³-hybridized carbons (Fsp3) is 0.111. The monoisotopic (exact) mass is 455 g/mol. The summed E-state index contributed by atoms with van der Waals surface area (Å²) in [5, 5.41) is 6.46. The summed E-state index contributed by atoms with van der Waals surface area (Å²) in [6, 6.07) is 21.4. The Hall–Kier alpha value is -4.52. The zero-order chi connectivity index (χ0) is 23.9. The van der Waals surface area contributed by atoms with Gasteiger partial charge in [0.15, 0.2) is 0 Å². The Balaban J connectivity index is 1.66. The van der Waals surface area contributed by atoms with Crippen LogP contribution in [0.2, 0.25) is 0 Å². The van der Waals surface area contributed by atoms with Crippen molar-refractivity contribution in [2.45, 2.75) is 6.92 Å². The number of hydrogen-bond donors (Lipinski definition) is 3. The number of H-pyrrole nitrogens is 1. The molecule has 172 valence electrons. The maximum absolute atomic E-state index is 13.2. The van der Waals surface area contributed by atoms with Gasteiger partial charge in [-0.25, -0.2) is 0 Å². The van der Waals surface area contributed by atoms with E-state index in [1.807, 2.05) is 31.2 Å². The summed E-state index contributed by atoms with van der Waals surface area (Å²) in [4.78, 5) is 29.2. The highest BCUT2D eigenvalue weighted by Crippen LogP contribution is 2.25. The zero-order valence-electron chi connectivity index (χ0n) is 18.9. The average Bonchev–Trinajstić information content (AvgIpc) is 3.27. The Morgan fingerprint density at radius 2 is 1.71 bits per heavy atom. The average molecular weight is 456 g/mol. The number of methoxy groups -OCH3 is 1. The van der Waals surface area contributed by atoms with Crippen LogP contribution in [0.5, 0.6) is 11.5 Å². The molecule has 4 rings (SSSR count). The van der Waals surface area contributed by atoms with Gasteiger partial charge in [-0.3, -0.25) is 9.59 Å². The molecule has 0 aliphatic rings. The van der Waals surface area contributed by atoms with E-state index in [4.69, 9.17) is 9.47 Å². The standard InChI is InChI=1S/C27H25N3O4/c1-3-34-21-11-9-20(10-12-21)29-27(32)25(30-26(31)18-7-5-4-6-8-18)15-19-17-28-24-14-13-22(33-2)16-23(19)24/h4-17,28H,3H2,1-2H3,(H,29,32)(H,30,31)/b25-15+. The topological polar surface area (TPSA) is 92.4 Å². The maximum Gasteiger partial charge on any atom is 0.272 e. The highest BCUT2D eigenvalue weighted by Gasteiger charge is 2.16. The minimum Gasteiger partial charge on any atom is -0.497 e. The summed E-state index contributed by atoms with van der Waals surface area (Å²) in [6.07, 6.45) is 3.42. The normalized spacial score (nSPS) is 11.2. The van der Waals surface area contributed by atoms with Crippen LogP contribution < -0.4 is 20.1 Å². The summed E-state index contributed by atoms with van der Waals surface area (Å²) < 4.78 is 10.8. The molecule has 0 saturated heterocycles. The van der Waals surface area contributed by atoms with E-state index in [0.717, 1.165) is 16.5 Å². The third-order valence-electron chi connectivity index (χ3n) is 5.17. The SMILES string of the molecule is CCOc1ccc(NC(=O)/C(=C\c2c[nH]c3ccc(OC)cc23)NC(=O)c2ccccc2)cc1. The van der Waals surface area contributed by atoms with Crippen molar-refractivity contribution in [2.24, 2.45) is 0 Å². The van der Waals surface area contributed by atoms with E-state index < -0.39 is 5.91 Å². The lowest BCUT2D eigenvalue weighted by Crippen LogP contribution is -2.30. The molecule has 34 heavy (non-hydrogen) atoms. The number of carbonyl (C=O) groups is 2. The van der Waals surface area contributed by atoms with Crippen molar-refractivity contribution in [1.29, 1.82) is 0 Å². The number of benzene rings is 3. The molecule has 0 fully saturated rings. The number of carbonyl (C=O) groups excluding carboxylic acids is 2. The van der Waals surface area contributed by atoms with Crippen molar-refractivity contribution >= 4 is 34.5 Å². The van der Waals surface area contributed by atoms with Gasteiger partial charge >= 0.3 is 0 Å². The Bertz CT molecular complexity index is 1330. The van der Waals surface area contributed by atoms with Crippen molar-refractivity contribution < 1.29 is 19.1 Å². The first kappa shape index (κ1) is 22.7. The van der Waals surface area contributed by atoms with Gasteiger partial charge in [-0.2, -0.15) is 0 Å². The van der Waals surface area contributed by atoms with Crippen LogP contribution >= 0.6 is 0 Å². The highest BCUT2D eigenvalue weighted by molar-refractivity contribution is 6.11. The van der Waals surface area contributed by atoms with Crippen LogP contribution in [0.25, 0.3) is 17.0 Å². The second-order valence-corrected chi connectivity index (χ2v) is 7.45. The first-order valence-electron chi connectivity index (χ1n) is 10.8. The molecular formula is C27H25N3O4. The molecule has 7 heteroatoms. The van der Waals surface area contributed by atoms with Crippen molar-refractivity contribution in [3.63, 3.8) is 0 Å². The van der Waals surface area contributed by atoms with Crippen LogP contribution in [-0.2, 0) is 4.79 Å². The van der Waals surface area contributed by atoms with Gasteiger partial charge in [0.2, 0.25) is 0 Å². The molecule has 0 radical (unpaired) electrons.